The molecule has 1 aliphatic heterocycles. The number of nitrogen functional groups attached to an aromatic ring is 1. The van der Waals surface area contributed by atoms with Gasteiger partial charge in [-0.1, -0.05) is 0 Å². The number of carbonyl (C=O) groups excluding carboxylic acids is 1. The zero-order valence-corrected chi connectivity index (χ0v) is 13.2. The van der Waals surface area contributed by atoms with Crippen LogP contribution in [0.2, 0.25) is 0 Å². The fourth-order valence-electron chi connectivity index (χ4n) is 2.67. The molecule has 1 aromatic carbocycles. The summed E-state index contributed by atoms with van der Waals surface area (Å²) in [6, 6.07) is 9.13. The van der Waals surface area contributed by atoms with Crippen LogP contribution in [0.4, 0.5) is 17.1 Å². The van der Waals surface area contributed by atoms with E-state index in [0.717, 1.165) is 37.6 Å². The molecule has 1 amide bonds. The molecule has 2 aromatic rings. The summed E-state index contributed by atoms with van der Waals surface area (Å²) in [5.41, 5.74) is 8.80. The van der Waals surface area contributed by atoms with Gasteiger partial charge in [-0.05, 0) is 37.4 Å². The number of nitrogens with zero attached hydrogens (tertiary/aromatic N) is 3. The van der Waals surface area contributed by atoms with Crippen molar-refractivity contribution in [2.45, 2.75) is 0 Å². The molecule has 23 heavy (non-hydrogen) atoms. The van der Waals surface area contributed by atoms with E-state index in [1.54, 1.807) is 24.5 Å². The lowest BCUT2D eigenvalue weighted by Gasteiger charge is -2.35. The van der Waals surface area contributed by atoms with Crippen molar-refractivity contribution in [1.82, 2.24) is 9.88 Å². The van der Waals surface area contributed by atoms with Gasteiger partial charge in [0.05, 0.1) is 16.9 Å². The first-order valence-corrected chi connectivity index (χ1v) is 7.68. The van der Waals surface area contributed by atoms with Crippen molar-refractivity contribution >= 4 is 23.0 Å². The highest BCUT2D eigenvalue weighted by Gasteiger charge is 2.18. The molecule has 3 N–H and O–H groups in total. The maximum absolute atomic E-state index is 12.4. The second kappa shape index (κ2) is 6.66. The molecule has 0 spiro atoms. The lowest BCUT2D eigenvalue weighted by Crippen LogP contribution is -2.44. The summed E-state index contributed by atoms with van der Waals surface area (Å²) in [6.07, 6.45) is 3.20. The number of likely N-dealkylation sites (N-methyl/N-ethyl adjacent to an activating group) is 1. The van der Waals surface area contributed by atoms with Crippen LogP contribution in [-0.2, 0) is 0 Å². The molecular formula is C17H21N5O. The summed E-state index contributed by atoms with van der Waals surface area (Å²) in [5.74, 6) is -0.181. The summed E-state index contributed by atoms with van der Waals surface area (Å²) in [6.45, 7) is 3.85. The third-order valence-electron chi connectivity index (χ3n) is 4.04. The Morgan fingerprint density at radius 3 is 2.70 bits per heavy atom. The molecule has 0 aliphatic carbocycles. The predicted octanol–water partition coefficient (Wildman–Crippen LogP) is 1.67. The SMILES string of the molecule is CN1CCN(c2ccc(N)cc2NC(=O)c2cccnc2)CC1. The summed E-state index contributed by atoms with van der Waals surface area (Å²) < 4.78 is 0. The van der Waals surface area contributed by atoms with E-state index in [4.69, 9.17) is 5.73 Å². The Bertz CT molecular complexity index is 681. The van der Waals surface area contributed by atoms with Crippen LogP contribution in [0.1, 0.15) is 10.4 Å². The van der Waals surface area contributed by atoms with Gasteiger partial charge < -0.3 is 20.9 Å². The molecular weight excluding hydrogens is 290 g/mol. The Morgan fingerprint density at radius 2 is 2.00 bits per heavy atom. The predicted molar refractivity (Wildman–Crippen MR) is 92.8 cm³/mol. The number of hydrogen-bond donors (Lipinski definition) is 2. The van der Waals surface area contributed by atoms with Crippen LogP contribution in [-0.4, -0.2) is 49.0 Å². The normalized spacial score (nSPS) is 15.4. The molecule has 0 atom stereocenters. The lowest BCUT2D eigenvalue weighted by molar-refractivity contribution is 0.102. The van der Waals surface area contributed by atoms with E-state index in [1.165, 1.54) is 0 Å². The fourth-order valence-corrected chi connectivity index (χ4v) is 2.67. The molecule has 0 saturated carbocycles. The number of pyridine rings is 1. The molecule has 120 valence electrons. The molecule has 2 heterocycles. The highest BCUT2D eigenvalue weighted by Crippen LogP contribution is 2.29. The number of nitrogens with one attached hydrogen (secondary N) is 1. The topological polar surface area (TPSA) is 74.5 Å². The molecule has 1 aromatic heterocycles. The maximum Gasteiger partial charge on any atom is 0.257 e. The number of rotatable bonds is 3. The summed E-state index contributed by atoms with van der Waals surface area (Å²) >= 11 is 0. The van der Waals surface area contributed by atoms with Gasteiger partial charge in [0.2, 0.25) is 0 Å². The first-order chi connectivity index (χ1) is 11.1. The average Bonchev–Trinajstić information content (AvgIpc) is 2.57. The molecule has 1 aliphatic rings. The van der Waals surface area contributed by atoms with Crippen molar-refractivity contribution in [1.29, 1.82) is 0 Å². The van der Waals surface area contributed by atoms with Crippen molar-refractivity contribution in [2.24, 2.45) is 0 Å². The first-order valence-electron chi connectivity index (χ1n) is 7.68. The van der Waals surface area contributed by atoms with Gasteiger partial charge in [0, 0.05) is 44.3 Å². The van der Waals surface area contributed by atoms with Gasteiger partial charge in [-0.3, -0.25) is 9.78 Å². The number of benzene rings is 1. The monoisotopic (exact) mass is 311 g/mol. The van der Waals surface area contributed by atoms with Gasteiger partial charge in [-0.2, -0.15) is 0 Å². The van der Waals surface area contributed by atoms with E-state index >= 15 is 0 Å². The second-order valence-electron chi connectivity index (χ2n) is 5.76. The number of aromatic nitrogens is 1. The summed E-state index contributed by atoms with van der Waals surface area (Å²) in [4.78, 5) is 20.9. The van der Waals surface area contributed by atoms with Gasteiger partial charge in [-0.15, -0.1) is 0 Å². The summed E-state index contributed by atoms with van der Waals surface area (Å²) in [7, 11) is 2.12. The van der Waals surface area contributed by atoms with E-state index in [2.05, 4.69) is 27.1 Å². The third-order valence-corrected chi connectivity index (χ3v) is 4.04. The van der Waals surface area contributed by atoms with Gasteiger partial charge in [0.1, 0.15) is 0 Å². The molecule has 0 unspecified atom stereocenters. The molecule has 3 rings (SSSR count). The van der Waals surface area contributed by atoms with Gasteiger partial charge in [0.15, 0.2) is 0 Å². The Kier molecular flexibility index (Phi) is 4.43. The average molecular weight is 311 g/mol. The Hall–Kier alpha value is -2.60. The van der Waals surface area contributed by atoms with E-state index in [-0.39, 0.29) is 5.91 Å². The maximum atomic E-state index is 12.4. The van der Waals surface area contributed by atoms with Crippen LogP contribution < -0.4 is 16.0 Å². The molecule has 1 fully saturated rings. The smallest absolute Gasteiger partial charge is 0.257 e. The Balaban J connectivity index is 1.83. The first kappa shape index (κ1) is 15.3. The molecule has 0 radical (unpaired) electrons. The van der Waals surface area contributed by atoms with Crippen LogP contribution in [0.5, 0.6) is 0 Å². The minimum absolute atomic E-state index is 0.181. The standard InChI is InChI=1S/C17H21N5O/c1-21-7-9-22(10-8-21)16-5-4-14(18)11-15(16)20-17(23)13-3-2-6-19-12-13/h2-6,11-12H,7-10,18H2,1H3,(H,20,23). The zero-order valence-electron chi connectivity index (χ0n) is 13.2. The number of nitrogens with two attached hydrogens (primary N) is 1. The highest BCUT2D eigenvalue weighted by atomic mass is 16.1. The minimum Gasteiger partial charge on any atom is -0.399 e. The largest absolute Gasteiger partial charge is 0.399 e. The van der Waals surface area contributed by atoms with Crippen LogP contribution in [0.15, 0.2) is 42.7 Å². The van der Waals surface area contributed by atoms with Crippen molar-refractivity contribution in [3.8, 4) is 0 Å². The van der Waals surface area contributed by atoms with Gasteiger partial charge >= 0.3 is 0 Å². The Labute approximate surface area is 135 Å². The third kappa shape index (κ3) is 3.60. The molecule has 0 bridgehead atoms. The van der Waals surface area contributed by atoms with E-state index in [1.807, 2.05) is 18.2 Å². The van der Waals surface area contributed by atoms with E-state index < -0.39 is 0 Å². The van der Waals surface area contributed by atoms with Crippen molar-refractivity contribution in [2.75, 3.05) is 49.2 Å². The molecule has 6 heteroatoms. The number of amides is 1. The number of piperazine rings is 1. The zero-order chi connectivity index (χ0) is 16.2. The number of anilines is 3. The van der Waals surface area contributed by atoms with E-state index in [0.29, 0.717) is 11.3 Å². The minimum atomic E-state index is -0.181. The highest BCUT2D eigenvalue weighted by molar-refractivity contribution is 6.06. The van der Waals surface area contributed by atoms with Crippen molar-refractivity contribution < 1.29 is 4.79 Å². The Morgan fingerprint density at radius 1 is 1.22 bits per heavy atom. The number of carbonyl (C=O) groups is 1. The summed E-state index contributed by atoms with van der Waals surface area (Å²) in [5, 5.41) is 2.96. The molecule has 1 saturated heterocycles. The van der Waals surface area contributed by atoms with Gasteiger partial charge in [0.25, 0.3) is 5.91 Å². The number of hydrogen-bond acceptors (Lipinski definition) is 5. The van der Waals surface area contributed by atoms with Crippen LogP contribution in [0, 0.1) is 0 Å². The van der Waals surface area contributed by atoms with Crippen molar-refractivity contribution in [3.63, 3.8) is 0 Å². The van der Waals surface area contributed by atoms with E-state index in [9.17, 15) is 4.79 Å². The molecule has 6 nitrogen and oxygen atoms in total. The van der Waals surface area contributed by atoms with Gasteiger partial charge in [-0.25, -0.2) is 0 Å². The fraction of sp³-hybridized carbons (Fsp3) is 0.294. The van der Waals surface area contributed by atoms with Crippen LogP contribution >= 0.6 is 0 Å². The quantitative estimate of drug-likeness (QED) is 0.844. The van der Waals surface area contributed by atoms with Crippen LogP contribution in [0.25, 0.3) is 0 Å². The second-order valence-corrected chi connectivity index (χ2v) is 5.76. The lowest BCUT2D eigenvalue weighted by atomic mass is 10.2. The van der Waals surface area contributed by atoms with Crippen molar-refractivity contribution in [3.05, 3.63) is 48.3 Å². The van der Waals surface area contributed by atoms with Crippen LogP contribution in [0.3, 0.4) is 0 Å².